The van der Waals surface area contributed by atoms with Gasteiger partial charge in [-0.1, -0.05) is 51.2 Å². The summed E-state index contributed by atoms with van der Waals surface area (Å²) in [6, 6.07) is 17.3. The SMILES string of the molecule is COCCN(CCOC12CC(C)(C)CC(C)(CC(C)(CN/C(C)=C(\C=N)c3ccc(N4CCc5c(OC)ccc(C(=O)Nc6nc7ccccc7s6)c5C4)nc3C(=O)O)C1)C2)C(=O)OCc1ccc(O[C@H]2C[C@@H](O)C[C@@H](C(=O)O)O2)cc1OCCOCCNC(=O)[C@H](CS(=O)(=O)O)NC(=O)CCN1C(=O)C=CC1=O. The molecule has 6 amide bonds. The number of fused-ring (bicyclic) bond motifs is 4. The number of imide groups is 1. The molecule has 5 aliphatic rings. The molecule has 0 spiro atoms. The number of benzene rings is 3. The minimum atomic E-state index is -4.79. The Balaban J connectivity index is 0.770. The number of hydrogen-bond donors (Lipinski definition) is 9. The van der Waals surface area contributed by atoms with Crippen molar-refractivity contribution in [3.63, 3.8) is 0 Å². The molecule has 34 heteroatoms. The van der Waals surface area contributed by atoms with E-state index in [-0.39, 0.29) is 130 Å². The molecule has 2 saturated carbocycles. The Bertz CT molecular complexity index is 4380. The number of carboxylic acids is 2. The summed E-state index contributed by atoms with van der Waals surface area (Å²) in [5.41, 5.74) is 2.75. The van der Waals surface area contributed by atoms with Crippen LogP contribution in [-0.2, 0) is 77.3 Å². The smallest absolute Gasteiger partial charge is 0.410 e. The molecule has 10 rings (SSSR count). The summed E-state index contributed by atoms with van der Waals surface area (Å²) in [6.07, 6.45) is 2.63. The number of carbonyl (C=O) groups excluding carboxylic acids is 6. The standard InChI is InChI=1S/C75H94N10O22S2/c1-45(52(35-76)50-15-17-60(81-65(50)69(94)95)84-23-20-49-53(36-84)51(14-16-56(49)101-7)66(90)82-70-80-54-10-8-9-11-59(54)108-70)78-44-74(5)41-73(4)39-72(2,3)40-75(42-73,43-74)105-29-26-83(25-28-100-6)71(96)104-37-46-12-13-48(106-64-33-47(86)32-58(107-64)68(92)93)34-57(46)103-31-30-102-27-22-77-67(91)55(38-109(97,98)99)79-61(87)21-24-85-62(88)18-19-63(85)89/h8-19,34-35,47,55,58,64,76,78,86H,20-33,36-44H2,1-7H3,(H,77,91)(H,79,87)(H,92,93)(H,94,95)(H,80,82,90)(H,97,98,99)/b52-45+,76-35?/t47-,55-,58-,64+,73?,74?,75?/m0/s1. The lowest BCUT2D eigenvalue weighted by Gasteiger charge is -2.61. The largest absolute Gasteiger partial charge is 0.496 e. The van der Waals surface area contributed by atoms with Crippen molar-refractivity contribution in [2.24, 2.45) is 16.2 Å². The first-order valence-corrected chi connectivity index (χ1v) is 38.2. The quantitative estimate of drug-likeness (QED) is 0.00864. The summed E-state index contributed by atoms with van der Waals surface area (Å²) in [6.45, 7) is 11.2. The number of hydrogen-bond acceptors (Lipinski definition) is 25. The molecule has 1 saturated heterocycles. The number of aliphatic carboxylic acids is 1. The summed E-state index contributed by atoms with van der Waals surface area (Å²) in [5, 5.41) is 51.2. The van der Waals surface area contributed by atoms with Crippen molar-refractivity contribution in [2.45, 2.75) is 136 Å². The normalized spacial score (nSPS) is 22.0. The number of nitrogens with zero attached hydrogens (tertiary/aromatic N) is 5. The monoisotopic (exact) mass is 1550 g/mol. The van der Waals surface area contributed by atoms with E-state index in [9.17, 15) is 66.6 Å². The van der Waals surface area contributed by atoms with Crippen LogP contribution in [0.1, 0.15) is 129 Å². The number of ether oxygens (including phenoxy) is 8. The first kappa shape index (κ1) is 81.8. The van der Waals surface area contributed by atoms with Crippen LogP contribution < -0.4 is 40.4 Å². The van der Waals surface area contributed by atoms with E-state index in [4.69, 9.17) is 48.3 Å². The number of methoxy groups -OCH3 is 2. The van der Waals surface area contributed by atoms with E-state index in [1.807, 2.05) is 36.1 Å². The molecule has 2 aliphatic carbocycles. The van der Waals surface area contributed by atoms with Crippen LogP contribution in [0.3, 0.4) is 0 Å². The van der Waals surface area contributed by atoms with Crippen LogP contribution >= 0.6 is 11.3 Å². The van der Waals surface area contributed by atoms with Crippen molar-refractivity contribution in [3.8, 4) is 17.2 Å². The summed E-state index contributed by atoms with van der Waals surface area (Å²) in [4.78, 5) is 116. The third kappa shape index (κ3) is 21.4. The highest BCUT2D eigenvalue weighted by atomic mass is 32.2. The maximum atomic E-state index is 14.3. The number of aromatic carboxylic acids is 1. The zero-order chi connectivity index (χ0) is 78.6. The summed E-state index contributed by atoms with van der Waals surface area (Å²) in [7, 11) is -1.70. The van der Waals surface area contributed by atoms with Crippen LogP contribution in [0.2, 0.25) is 0 Å². The van der Waals surface area contributed by atoms with Crippen molar-refractivity contribution in [1.82, 2.24) is 35.7 Å². The van der Waals surface area contributed by atoms with Crippen LogP contribution in [0, 0.1) is 21.7 Å². The molecule has 7 atom stereocenters. The van der Waals surface area contributed by atoms with E-state index in [1.54, 1.807) is 37.4 Å². The van der Waals surface area contributed by atoms with Gasteiger partial charge in [0.25, 0.3) is 27.8 Å². The molecule has 32 nitrogen and oxygen atoms in total. The second kappa shape index (κ2) is 35.3. The molecule has 3 fully saturated rings. The summed E-state index contributed by atoms with van der Waals surface area (Å²) in [5.74, 6) is -5.93. The first-order valence-electron chi connectivity index (χ1n) is 35.7. The predicted molar refractivity (Wildman–Crippen MR) is 398 cm³/mol. The Morgan fingerprint density at radius 3 is 2.32 bits per heavy atom. The molecule has 2 bridgehead atoms. The second-order valence-corrected chi connectivity index (χ2v) is 32.0. The fourth-order valence-corrected chi connectivity index (χ4v) is 17.5. The van der Waals surface area contributed by atoms with Crippen LogP contribution in [0.25, 0.3) is 15.8 Å². The lowest BCUT2D eigenvalue weighted by Crippen LogP contribution is -2.58. The van der Waals surface area contributed by atoms with Gasteiger partial charge in [0.05, 0.1) is 55.5 Å². The number of pyridine rings is 1. The van der Waals surface area contributed by atoms with Gasteiger partial charge in [0.2, 0.25) is 18.1 Å². The van der Waals surface area contributed by atoms with Gasteiger partial charge in [-0.3, -0.25) is 38.7 Å². The fraction of sp³-hybridized carbons (Fsp3) is 0.507. The van der Waals surface area contributed by atoms with Gasteiger partial charge in [-0.2, -0.15) is 8.42 Å². The van der Waals surface area contributed by atoms with Gasteiger partial charge in [0.1, 0.15) is 48.1 Å². The number of nitrogens with one attached hydrogen (secondary N) is 5. The Labute approximate surface area is 634 Å². The second-order valence-electron chi connectivity index (χ2n) is 29.5. The molecule has 0 radical (unpaired) electrons. The van der Waals surface area contributed by atoms with Crippen molar-refractivity contribution < 1.29 is 105 Å². The Kier molecular flexibility index (Phi) is 26.5. The third-order valence-corrected chi connectivity index (χ3v) is 21.5. The summed E-state index contributed by atoms with van der Waals surface area (Å²) < 4.78 is 81.7. The molecule has 3 aliphatic heterocycles. The molecule has 9 N–H and O–H groups in total. The Morgan fingerprint density at radius 2 is 1.61 bits per heavy atom. The van der Waals surface area contributed by atoms with Gasteiger partial charge >= 0.3 is 18.0 Å². The van der Waals surface area contributed by atoms with E-state index in [1.165, 1.54) is 35.5 Å². The number of rotatable bonds is 36. The number of carbonyl (C=O) groups is 8. The maximum absolute atomic E-state index is 14.3. The van der Waals surface area contributed by atoms with Crippen molar-refractivity contribution >= 4 is 102 Å². The van der Waals surface area contributed by atoms with Gasteiger partial charge in [-0.05, 0) is 116 Å². The molecular weight excluding hydrogens is 1460 g/mol. The van der Waals surface area contributed by atoms with E-state index in [2.05, 4.69) is 53.9 Å². The maximum Gasteiger partial charge on any atom is 0.410 e. The topological polar surface area (TPSA) is 433 Å². The number of anilines is 2. The Morgan fingerprint density at radius 1 is 0.853 bits per heavy atom. The fourth-order valence-electron chi connectivity index (χ4n) is 16.0. The van der Waals surface area contributed by atoms with Crippen LogP contribution in [0.15, 0.2) is 84.6 Å². The molecule has 3 aromatic carbocycles. The number of aromatic nitrogens is 2. The number of amides is 6. The number of allylic oxidation sites excluding steroid dienone is 2. The molecule has 588 valence electrons. The number of para-hydroxylation sites is 1. The number of aliphatic hydroxyl groups excluding tert-OH is 1. The van der Waals surface area contributed by atoms with Gasteiger partial charge in [0.15, 0.2) is 16.9 Å². The minimum Gasteiger partial charge on any atom is -0.496 e. The van der Waals surface area contributed by atoms with E-state index in [0.717, 1.165) is 70.3 Å². The average Bonchev–Trinajstić information content (AvgIpc) is 1.03. The van der Waals surface area contributed by atoms with Crippen molar-refractivity contribution in [2.75, 3.05) is 102 Å². The molecule has 2 aromatic heterocycles. The third-order valence-electron chi connectivity index (χ3n) is 19.7. The Hall–Kier alpha value is -9.68. The molecule has 3 unspecified atom stereocenters. The number of aliphatic hydroxyl groups is 1. The van der Waals surface area contributed by atoms with Gasteiger partial charge in [-0.25, -0.2) is 24.4 Å². The van der Waals surface area contributed by atoms with E-state index >= 15 is 0 Å². The van der Waals surface area contributed by atoms with Gasteiger partial charge in [0, 0.05) is 130 Å². The lowest BCUT2D eigenvalue weighted by atomic mass is 9.48. The number of carboxylic acid groups (broad SMARTS) is 2. The average molecular weight is 1550 g/mol. The van der Waals surface area contributed by atoms with Crippen LogP contribution in [0.5, 0.6) is 17.2 Å². The predicted octanol–water partition coefficient (Wildman–Crippen LogP) is 6.77. The number of thiazole rings is 1. The van der Waals surface area contributed by atoms with E-state index in [0.29, 0.717) is 65.0 Å². The molecule has 5 aromatic rings. The van der Waals surface area contributed by atoms with Crippen LogP contribution in [-0.4, -0.2) is 224 Å². The zero-order valence-corrected chi connectivity index (χ0v) is 63.5. The van der Waals surface area contributed by atoms with Gasteiger partial charge in [-0.15, -0.1) is 0 Å². The highest BCUT2D eigenvalue weighted by Gasteiger charge is 2.58. The molecule has 5 heterocycles. The van der Waals surface area contributed by atoms with Crippen LogP contribution in [0.4, 0.5) is 15.7 Å². The molecule has 109 heavy (non-hydrogen) atoms. The highest BCUT2D eigenvalue weighted by molar-refractivity contribution is 7.85. The van der Waals surface area contributed by atoms with E-state index < -0.39 is 94.1 Å². The van der Waals surface area contributed by atoms with Gasteiger partial charge < -0.3 is 84.4 Å². The van der Waals surface area contributed by atoms with Crippen molar-refractivity contribution in [1.29, 1.82) is 5.41 Å². The zero-order valence-electron chi connectivity index (χ0n) is 61.8. The first-order chi connectivity index (χ1) is 51.8. The minimum absolute atomic E-state index is 0.0437. The highest BCUT2D eigenvalue weighted by Crippen LogP contribution is 2.63. The summed E-state index contributed by atoms with van der Waals surface area (Å²) >= 11 is 1.37. The lowest BCUT2D eigenvalue weighted by molar-refractivity contribution is -0.195. The van der Waals surface area contributed by atoms with Crippen molar-refractivity contribution in [3.05, 3.63) is 118 Å². The molecular formula is C75H94N10O22S2.